The van der Waals surface area contributed by atoms with Crippen LogP contribution in [0.5, 0.6) is 11.5 Å². The Morgan fingerprint density at radius 1 is 1.06 bits per heavy atom. The summed E-state index contributed by atoms with van der Waals surface area (Å²) in [5.74, 6) is -0.299. The average molecular weight is 532 g/mol. The summed E-state index contributed by atoms with van der Waals surface area (Å²) in [5.41, 5.74) is 2.74. The van der Waals surface area contributed by atoms with Gasteiger partial charge in [-0.05, 0) is 62.1 Å². The Morgan fingerprint density at radius 2 is 1.71 bits per heavy atom. The minimum Gasteiger partial charge on any atom is -0.493 e. The summed E-state index contributed by atoms with van der Waals surface area (Å²) in [7, 11) is 3.16. The average Bonchev–Trinajstić information content (AvgIpc) is 2.77. The van der Waals surface area contributed by atoms with Crippen LogP contribution in [0.3, 0.4) is 0 Å². The number of ether oxygens (including phenoxy) is 3. The first-order valence-electron chi connectivity index (χ1n) is 12.1. The van der Waals surface area contributed by atoms with Crippen molar-refractivity contribution >= 4 is 33.4 Å². The molecule has 7 heteroatoms. The maximum absolute atomic E-state index is 13.6. The molecule has 0 amide bonds. The molecule has 6 nitrogen and oxygen atoms in total. The molecule has 0 N–H and O–H groups in total. The van der Waals surface area contributed by atoms with E-state index in [0.29, 0.717) is 35.6 Å². The molecule has 1 saturated carbocycles. The molecule has 1 aliphatic heterocycles. The molecule has 1 fully saturated rings. The van der Waals surface area contributed by atoms with Crippen molar-refractivity contribution in [3.63, 3.8) is 0 Å². The van der Waals surface area contributed by atoms with Gasteiger partial charge in [-0.1, -0.05) is 36.2 Å². The van der Waals surface area contributed by atoms with Gasteiger partial charge >= 0.3 is 5.97 Å². The molecule has 2 aliphatic carbocycles. The highest BCUT2D eigenvalue weighted by atomic mass is 79.9. The third kappa shape index (κ3) is 4.81. The highest BCUT2D eigenvalue weighted by Gasteiger charge is 2.47. The maximum Gasteiger partial charge on any atom is 0.315 e. The van der Waals surface area contributed by atoms with E-state index in [2.05, 4.69) is 29.8 Å². The van der Waals surface area contributed by atoms with E-state index in [1.165, 1.54) is 6.42 Å². The zero-order chi connectivity index (χ0) is 24.6. The van der Waals surface area contributed by atoms with Gasteiger partial charge < -0.3 is 14.2 Å². The number of hydrogen-bond donors (Lipinski definition) is 0. The number of rotatable bonds is 5. The van der Waals surface area contributed by atoms with Gasteiger partial charge in [-0.2, -0.15) is 0 Å². The van der Waals surface area contributed by atoms with Gasteiger partial charge in [0, 0.05) is 33.8 Å². The van der Waals surface area contributed by atoms with Crippen LogP contribution in [0.4, 0.5) is 0 Å². The summed E-state index contributed by atoms with van der Waals surface area (Å²) in [5, 5.41) is 0. The predicted molar refractivity (Wildman–Crippen MR) is 135 cm³/mol. The summed E-state index contributed by atoms with van der Waals surface area (Å²) in [6, 6.07) is 3.70. The van der Waals surface area contributed by atoms with E-state index in [0.717, 1.165) is 41.4 Å². The first kappa shape index (κ1) is 25.0. The van der Waals surface area contributed by atoms with Gasteiger partial charge in [0.15, 0.2) is 17.3 Å². The topological polar surface area (TPSA) is 74.2 Å². The highest BCUT2D eigenvalue weighted by molar-refractivity contribution is 9.10. The quantitative estimate of drug-likeness (QED) is 0.425. The minimum absolute atomic E-state index is 0.0460. The van der Waals surface area contributed by atoms with Crippen LogP contribution in [0.1, 0.15) is 77.2 Å². The predicted octanol–water partition coefficient (Wildman–Crippen LogP) is 6.16. The van der Waals surface area contributed by atoms with Crippen molar-refractivity contribution in [2.24, 2.45) is 16.3 Å². The lowest BCUT2D eigenvalue weighted by atomic mass is 9.67. The van der Waals surface area contributed by atoms with Crippen molar-refractivity contribution in [3.8, 4) is 11.5 Å². The number of carbonyl (C=O) groups excluding carboxylic acids is 2. The lowest BCUT2D eigenvalue weighted by molar-refractivity contribution is -0.153. The Bertz CT molecular complexity index is 1050. The number of hydrogen-bond acceptors (Lipinski definition) is 6. The van der Waals surface area contributed by atoms with Crippen LogP contribution in [-0.4, -0.2) is 37.8 Å². The van der Waals surface area contributed by atoms with Crippen LogP contribution in [-0.2, 0) is 14.3 Å². The van der Waals surface area contributed by atoms with E-state index in [1.54, 1.807) is 14.2 Å². The number of carbonyl (C=O) groups is 2. The summed E-state index contributed by atoms with van der Waals surface area (Å²) in [6.45, 7) is 6.05. The molecule has 0 saturated heterocycles. The Kier molecular flexibility index (Phi) is 7.22. The fourth-order valence-corrected chi connectivity index (χ4v) is 6.18. The van der Waals surface area contributed by atoms with Crippen molar-refractivity contribution in [1.29, 1.82) is 0 Å². The number of ketones is 1. The lowest BCUT2D eigenvalue weighted by Crippen LogP contribution is -2.40. The molecule has 1 unspecified atom stereocenters. The number of methoxy groups -OCH3 is 2. The van der Waals surface area contributed by atoms with Crippen LogP contribution < -0.4 is 9.47 Å². The van der Waals surface area contributed by atoms with Gasteiger partial charge in [0.1, 0.15) is 12.0 Å². The fraction of sp³-hybridized carbons (Fsp3) is 0.593. The van der Waals surface area contributed by atoms with Gasteiger partial charge in [0.2, 0.25) is 0 Å². The number of aliphatic imine (C=N–C) groups is 1. The smallest absolute Gasteiger partial charge is 0.315 e. The summed E-state index contributed by atoms with van der Waals surface area (Å²) in [6.07, 6.45) is 6.15. The second kappa shape index (κ2) is 9.84. The number of esters is 1. The summed E-state index contributed by atoms with van der Waals surface area (Å²) >= 11 is 3.68. The third-order valence-electron chi connectivity index (χ3n) is 7.23. The number of nitrogens with zero attached hydrogens (tertiary/aromatic N) is 1. The molecule has 1 aromatic rings. The Labute approximate surface area is 210 Å². The van der Waals surface area contributed by atoms with Crippen molar-refractivity contribution in [3.05, 3.63) is 33.4 Å². The molecule has 34 heavy (non-hydrogen) atoms. The Morgan fingerprint density at radius 3 is 2.35 bits per heavy atom. The fourth-order valence-electron chi connectivity index (χ4n) is 5.62. The van der Waals surface area contributed by atoms with Crippen molar-refractivity contribution in [2.75, 3.05) is 14.2 Å². The SMILES string of the molecule is COc1cc(Br)c([C@@H]2C3=C(CC(C)(C)CC3=O)N=C(C)C2C(=O)OC2CCCCC2)cc1OC. The third-order valence-corrected chi connectivity index (χ3v) is 7.92. The van der Waals surface area contributed by atoms with E-state index in [4.69, 9.17) is 19.2 Å². The van der Waals surface area contributed by atoms with Gasteiger partial charge in [-0.15, -0.1) is 0 Å². The molecule has 0 bridgehead atoms. The summed E-state index contributed by atoms with van der Waals surface area (Å²) < 4.78 is 17.8. The van der Waals surface area contributed by atoms with Crippen molar-refractivity contribution in [1.82, 2.24) is 0 Å². The zero-order valence-electron chi connectivity index (χ0n) is 20.7. The molecule has 3 aliphatic rings. The van der Waals surface area contributed by atoms with Crippen LogP contribution in [0, 0.1) is 11.3 Å². The van der Waals surface area contributed by atoms with Gasteiger partial charge in [0.25, 0.3) is 0 Å². The second-order valence-corrected chi connectivity index (χ2v) is 11.3. The number of Topliss-reactive ketones (excluding diaryl/α,β-unsaturated/α-hetero) is 1. The van der Waals surface area contributed by atoms with E-state index >= 15 is 0 Å². The monoisotopic (exact) mass is 531 g/mol. The van der Waals surface area contributed by atoms with Gasteiger partial charge in [0.05, 0.1) is 14.2 Å². The maximum atomic E-state index is 13.6. The van der Waals surface area contributed by atoms with Crippen LogP contribution >= 0.6 is 15.9 Å². The summed E-state index contributed by atoms with van der Waals surface area (Å²) in [4.78, 5) is 32.0. The molecular formula is C27H34BrNO5. The van der Waals surface area contributed by atoms with Gasteiger partial charge in [-0.3, -0.25) is 14.6 Å². The largest absolute Gasteiger partial charge is 0.493 e. The first-order chi connectivity index (χ1) is 16.1. The Hall–Kier alpha value is -2.15. The molecule has 1 aromatic carbocycles. The van der Waals surface area contributed by atoms with E-state index in [9.17, 15) is 9.59 Å². The molecule has 4 rings (SSSR count). The standard InChI is InChI=1S/C27H34BrNO5/c1-15-23(26(31)34-16-9-7-6-8-10-16)24(17-11-21(32-4)22(33-5)12-18(17)28)25-19(29-15)13-27(2,3)14-20(25)30/h11-12,16,23-24H,6-10,13-14H2,1-5H3/t23?,24-/m0/s1. The van der Waals surface area contributed by atoms with Crippen LogP contribution in [0.25, 0.3) is 0 Å². The van der Waals surface area contributed by atoms with Crippen LogP contribution in [0.2, 0.25) is 0 Å². The molecule has 0 aromatic heterocycles. The molecular weight excluding hydrogens is 498 g/mol. The normalized spacial score (nSPS) is 24.9. The van der Waals surface area contributed by atoms with E-state index in [1.807, 2.05) is 19.1 Å². The van der Waals surface area contributed by atoms with Crippen molar-refractivity contribution in [2.45, 2.75) is 77.7 Å². The minimum atomic E-state index is -0.666. The number of halogens is 1. The van der Waals surface area contributed by atoms with E-state index in [-0.39, 0.29) is 23.3 Å². The second-order valence-electron chi connectivity index (χ2n) is 10.4. The van der Waals surface area contributed by atoms with E-state index < -0.39 is 11.8 Å². The number of allylic oxidation sites excluding steroid dienone is 2. The molecule has 0 spiro atoms. The first-order valence-corrected chi connectivity index (χ1v) is 12.9. The van der Waals surface area contributed by atoms with Gasteiger partial charge in [-0.25, -0.2) is 0 Å². The highest BCUT2D eigenvalue weighted by Crippen LogP contribution is 2.50. The van der Waals surface area contributed by atoms with Crippen molar-refractivity contribution < 1.29 is 23.8 Å². The molecule has 2 atom stereocenters. The zero-order valence-corrected chi connectivity index (χ0v) is 22.3. The molecule has 1 heterocycles. The lowest BCUT2D eigenvalue weighted by Gasteiger charge is -2.39. The molecule has 184 valence electrons. The van der Waals surface area contributed by atoms with Crippen LogP contribution in [0.15, 0.2) is 32.9 Å². The number of benzene rings is 1. The molecule has 0 radical (unpaired) electrons. The Balaban J connectivity index is 1.83.